The van der Waals surface area contributed by atoms with E-state index in [1.165, 1.54) is 12.5 Å². The summed E-state index contributed by atoms with van der Waals surface area (Å²) in [4.78, 5) is 10.4. The molecule has 2 aliphatic carbocycles. The van der Waals surface area contributed by atoms with E-state index in [4.69, 9.17) is 9.84 Å². The van der Waals surface area contributed by atoms with Crippen molar-refractivity contribution in [3.63, 3.8) is 0 Å². The Hall–Kier alpha value is -1.51. The number of allylic oxidation sites excluding steroid dienone is 5. The summed E-state index contributed by atoms with van der Waals surface area (Å²) in [6.45, 7) is 0. The van der Waals surface area contributed by atoms with Crippen LogP contribution >= 0.6 is 0 Å². The van der Waals surface area contributed by atoms with Gasteiger partial charge in [0, 0.05) is 18.9 Å². The maximum Gasteiger partial charge on any atom is 0.328 e. The van der Waals surface area contributed by atoms with Crippen LogP contribution in [0.3, 0.4) is 0 Å². The molecule has 0 aromatic carbocycles. The molecule has 86 valence electrons. The zero-order valence-electron chi connectivity index (χ0n) is 9.24. The van der Waals surface area contributed by atoms with Crippen molar-refractivity contribution in [2.45, 2.75) is 38.5 Å². The highest BCUT2D eigenvalue weighted by molar-refractivity contribution is 5.80. The van der Waals surface area contributed by atoms with Crippen LogP contribution in [0.5, 0.6) is 0 Å². The largest absolute Gasteiger partial charge is 0.478 e. The van der Waals surface area contributed by atoms with Gasteiger partial charge in [-0.25, -0.2) is 4.79 Å². The van der Waals surface area contributed by atoms with Gasteiger partial charge in [0.1, 0.15) is 5.76 Å². The third-order valence-electron chi connectivity index (χ3n) is 2.89. The molecule has 0 aliphatic heterocycles. The van der Waals surface area contributed by atoms with E-state index in [1.54, 1.807) is 6.08 Å². The fourth-order valence-corrected chi connectivity index (χ4v) is 2.10. The number of hydrogen-bond acceptors (Lipinski definition) is 2. The Morgan fingerprint density at radius 1 is 1.31 bits per heavy atom. The summed E-state index contributed by atoms with van der Waals surface area (Å²) in [5, 5.41) is 8.58. The van der Waals surface area contributed by atoms with Gasteiger partial charge < -0.3 is 9.84 Å². The van der Waals surface area contributed by atoms with E-state index < -0.39 is 5.97 Å². The first-order valence-electron chi connectivity index (χ1n) is 5.75. The van der Waals surface area contributed by atoms with Gasteiger partial charge in [0.15, 0.2) is 0 Å². The minimum absolute atomic E-state index is 0.904. The molecule has 0 heterocycles. The normalized spacial score (nSPS) is 20.6. The van der Waals surface area contributed by atoms with E-state index in [2.05, 4.69) is 6.08 Å². The van der Waals surface area contributed by atoms with E-state index in [0.717, 1.165) is 49.2 Å². The molecule has 16 heavy (non-hydrogen) atoms. The predicted molar refractivity (Wildman–Crippen MR) is 60.7 cm³/mol. The highest BCUT2D eigenvalue weighted by Gasteiger charge is 2.16. The summed E-state index contributed by atoms with van der Waals surface area (Å²) in [5.74, 6) is 1.11. The average Bonchev–Trinajstić information content (AvgIpc) is 2.87. The van der Waals surface area contributed by atoms with Gasteiger partial charge in [0.2, 0.25) is 0 Å². The highest BCUT2D eigenvalue weighted by atomic mass is 16.5. The van der Waals surface area contributed by atoms with E-state index in [-0.39, 0.29) is 0 Å². The number of carboxylic acids is 1. The zero-order valence-corrected chi connectivity index (χ0v) is 9.24. The SMILES string of the molecule is O=C(O)C=CC1=C(OC2=CCCC2)CCC1. The lowest BCUT2D eigenvalue weighted by atomic mass is 10.2. The number of aliphatic carboxylic acids is 1. The lowest BCUT2D eigenvalue weighted by Gasteiger charge is -2.08. The van der Waals surface area contributed by atoms with Gasteiger partial charge in [-0.1, -0.05) is 0 Å². The Kier molecular flexibility index (Phi) is 3.44. The summed E-state index contributed by atoms with van der Waals surface area (Å²) in [7, 11) is 0. The van der Waals surface area contributed by atoms with Gasteiger partial charge in [-0.05, 0) is 43.4 Å². The third-order valence-corrected chi connectivity index (χ3v) is 2.89. The molecule has 0 amide bonds. The first-order chi connectivity index (χ1) is 7.75. The standard InChI is InChI=1S/C13H16O3/c14-13(15)9-8-10-4-3-7-12(10)16-11-5-1-2-6-11/h5,8-9H,1-4,6-7H2,(H,14,15). The van der Waals surface area contributed by atoms with Gasteiger partial charge in [-0.2, -0.15) is 0 Å². The monoisotopic (exact) mass is 220 g/mol. The van der Waals surface area contributed by atoms with Crippen molar-refractivity contribution < 1.29 is 14.6 Å². The van der Waals surface area contributed by atoms with Gasteiger partial charge in [-0.15, -0.1) is 0 Å². The number of carbonyl (C=O) groups is 1. The summed E-state index contributed by atoms with van der Waals surface area (Å²) in [5.41, 5.74) is 1.04. The minimum atomic E-state index is -0.904. The van der Waals surface area contributed by atoms with Crippen molar-refractivity contribution in [1.82, 2.24) is 0 Å². The van der Waals surface area contributed by atoms with Crippen LogP contribution in [-0.2, 0) is 9.53 Å². The van der Waals surface area contributed by atoms with E-state index in [0.29, 0.717) is 0 Å². The molecule has 0 bridgehead atoms. The van der Waals surface area contributed by atoms with Crippen molar-refractivity contribution >= 4 is 5.97 Å². The van der Waals surface area contributed by atoms with Crippen LogP contribution in [0.25, 0.3) is 0 Å². The van der Waals surface area contributed by atoms with E-state index in [1.807, 2.05) is 0 Å². The quantitative estimate of drug-likeness (QED) is 0.740. The second-order valence-electron chi connectivity index (χ2n) is 4.14. The molecule has 0 spiro atoms. The molecule has 1 N–H and O–H groups in total. The van der Waals surface area contributed by atoms with Crippen molar-refractivity contribution in [1.29, 1.82) is 0 Å². The number of rotatable bonds is 4. The molecule has 0 atom stereocenters. The van der Waals surface area contributed by atoms with Gasteiger partial charge >= 0.3 is 5.97 Å². The number of hydrogen-bond donors (Lipinski definition) is 1. The lowest BCUT2D eigenvalue weighted by Crippen LogP contribution is -1.91. The maximum atomic E-state index is 10.4. The molecular formula is C13H16O3. The lowest BCUT2D eigenvalue weighted by molar-refractivity contribution is -0.131. The summed E-state index contributed by atoms with van der Waals surface area (Å²) < 4.78 is 5.81. The Labute approximate surface area is 95.1 Å². The van der Waals surface area contributed by atoms with Crippen molar-refractivity contribution in [2.24, 2.45) is 0 Å². The van der Waals surface area contributed by atoms with Crippen LogP contribution in [0.4, 0.5) is 0 Å². The van der Waals surface area contributed by atoms with Crippen LogP contribution in [0, 0.1) is 0 Å². The predicted octanol–water partition coefficient (Wildman–Crippen LogP) is 3.15. The number of carboxylic acid groups (broad SMARTS) is 1. The zero-order chi connectivity index (χ0) is 11.4. The second kappa shape index (κ2) is 5.01. The van der Waals surface area contributed by atoms with Crippen LogP contribution in [-0.4, -0.2) is 11.1 Å². The van der Waals surface area contributed by atoms with E-state index in [9.17, 15) is 4.79 Å². The Morgan fingerprint density at radius 3 is 2.88 bits per heavy atom. The van der Waals surface area contributed by atoms with Gasteiger partial charge in [0.25, 0.3) is 0 Å². The van der Waals surface area contributed by atoms with Crippen LogP contribution < -0.4 is 0 Å². The molecule has 0 saturated carbocycles. The van der Waals surface area contributed by atoms with Crippen molar-refractivity contribution in [3.05, 3.63) is 35.3 Å². The average molecular weight is 220 g/mol. The molecular weight excluding hydrogens is 204 g/mol. The third kappa shape index (κ3) is 2.75. The Balaban J connectivity index is 2.04. The summed E-state index contributed by atoms with van der Waals surface area (Å²) >= 11 is 0. The molecule has 0 saturated heterocycles. The Bertz CT molecular complexity index is 375. The summed E-state index contributed by atoms with van der Waals surface area (Å²) in [6.07, 6.45) is 11.2. The van der Waals surface area contributed by atoms with Crippen LogP contribution in [0.15, 0.2) is 35.3 Å². The Morgan fingerprint density at radius 2 is 2.19 bits per heavy atom. The first kappa shape index (κ1) is 11.0. The first-order valence-corrected chi connectivity index (χ1v) is 5.75. The second-order valence-corrected chi connectivity index (χ2v) is 4.14. The number of ether oxygens (including phenoxy) is 1. The molecule has 2 aliphatic rings. The van der Waals surface area contributed by atoms with Gasteiger partial charge in [0.05, 0.1) is 5.76 Å². The summed E-state index contributed by atoms with van der Waals surface area (Å²) in [6, 6.07) is 0. The molecule has 0 unspecified atom stereocenters. The van der Waals surface area contributed by atoms with Crippen molar-refractivity contribution in [2.75, 3.05) is 0 Å². The highest BCUT2D eigenvalue weighted by Crippen LogP contribution is 2.32. The molecule has 3 nitrogen and oxygen atoms in total. The smallest absolute Gasteiger partial charge is 0.328 e. The van der Waals surface area contributed by atoms with E-state index >= 15 is 0 Å². The maximum absolute atomic E-state index is 10.4. The van der Waals surface area contributed by atoms with Crippen LogP contribution in [0.2, 0.25) is 0 Å². The molecule has 2 rings (SSSR count). The minimum Gasteiger partial charge on any atom is -0.478 e. The fraction of sp³-hybridized carbons (Fsp3) is 0.462. The molecule has 0 aromatic rings. The molecule has 0 radical (unpaired) electrons. The molecule has 0 fully saturated rings. The molecule has 3 heteroatoms. The van der Waals surface area contributed by atoms with Gasteiger partial charge in [-0.3, -0.25) is 0 Å². The molecule has 0 aromatic heterocycles. The van der Waals surface area contributed by atoms with Crippen LogP contribution in [0.1, 0.15) is 38.5 Å². The fourth-order valence-electron chi connectivity index (χ4n) is 2.10. The van der Waals surface area contributed by atoms with Crippen molar-refractivity contribution in [3.8, 4) is 0 Å². The topological polar surface area (TPSA) is 46.5 Å².